The van der Waals surface area contributed by atoms with Crippen molar-refractivity contribution >= 4 is 11.4 Å². The summed E-state index contributed by atoms with van der Waals surface area (Å²) in [6.07, 6.45) is 8.30. The summed E-state index contributed by atoms with van der Waals surface area (Å²) in [6.45, 7) is 10.2. The van der Waals surface area contributed by atoms with Crippen LogP contribution in [0.5, 0.6) is 0 Å². The Balaban J connectivity index is 2.44. The van der Waals surface area contributed by atoms with Gasteiger partial charge in [0, 0.05) is 24.1 Å². The van der Waals surface area contributed by atoms with Crippen molar-refractivity contribution in [2.24, 2.45) is 0 Å². The van der Waals surface area contributed by atoms with Gasteiger partial charge in [-0.25, -0.2) is 0 Å². The van der Waals surface area contributed by atoms with E-state index >= 15 is 0 Å². The summed E-state index contributed by atoms with van der Waals surface area (Å²) in [5.74, 6) is 0. The zero-order valence-corrected chi connectivity index (χ0v) is 12.7. The number of benzene rings is 1. The monoisotopic (exact) mass is 256 g/mol. The van der Waals surface area contributed by atoms with Gasteiger partial charge in [0.25, 0.3) is 0 Å². The largest absolute Gasteiger partial charge is 0.209 e. The number of unbranched alkanes of at least 4 members (excludes halogenated alkanes) is 2. The molecule has 2 rings (SSSR count). The highest BCUT2D eigenvalue weighted by Crippen LogP contribution is 2.39. The Labute approximate surface area is 117 Å². The molecule has 0 amide bonds. The van der Waals surface area contributed by atoms with Crippen molar-refractivity contribution in [3.05, 3.63) is 42.0 Å². The van der Waals surface area contributed by atoms with Crippen LogP contribution >= 0.6 is 0 Å². The third-order valence-electron chi connectivity index (χ3n) is 4.11. The highest BCUT2D eigenvalue weighted by molar-refractivity contribution is 6.02. The van der Waals surface area contributed by atoms with E-state index in [2.05, 4.69) is 68.7 Å². The van der Waals surface area contributed by atoms with Crippen LogP contribution in [0.4, 0.5) is 5.69 Å². The summed E-state index contributed by atoms with van der Waals surface area (Å²) >= 11 is 0. The van der Waals surface area contributed by atoms with Crippen LogP contribution in [-0.4, -0.2) is 16.8 Å². The molecule has 1 heteroatoms. The first kappa shape index (κ1) is 14.0. The van der Waals surface area contributed by atoms with Gasteiger partial charge in [-0.3, -0.25) is 0 Å². The quantitative estimate of drug-likeness (QED) is 0.524. The minimum atomic E-state index is 0.120. The first-order valence-electron chi connectivity index (χ1n) is 7.50. The Morgan fingerprint density at radius 2 is 1.89 bits per heavy atom. The molecule has 0 radical (unpaired) electrons. The molecular weight excluding hydrogens is 230 g/mol. The smallest absolute Gasteiger partial charge is 0.195 e. The van der Waals surface area contributed by atoms with E-state index in [1.165, 1.54) is 36.2 Å². The highest BCUT2D eigenvalue weighted by atomic mass is 15.1. The van der Waals surface area contributed by atoms with Crippen molar-refractivity contribution in [1.82, 2.24) is 0 Å². The van der Waals surface area contributed by atoms with E-state index in [9.17, 15) is 0 Å². The van der Waals surface area contributed by atoms with Gasteiger partial charge in [0.1, 0.15) is 6.54 Å². The molecule has 1 aliphatic heterocycles. The lowest BCUT2D eigenvalue weighted by molar-refractivity contribution is -0.438. The molecule has 0 unspecified atom stereocenters. The summed E-state index contributed by atoms with van der Waals surface area (Å²) in [6, 6.07) is 8.85. The normalized spacial score (nSPS) is 17.3. The molecule has 0 N–H and O–H groups in total. The summed E-state index contributed by atoms with van der Waals surface area (Å²) in [5.41, 5.74) is 4.42. The second-order valence-electron chi connectivity index (χ2n) is 5.89. The average Bonchev–Trinajstić information content (AvgIpc) is 2.61. The third kappa shape index (κ3) is 2.51. The van der Waals surface area contributed by atoms with E-state index in [0.29, 0.717) is 0 Å². The minimum absolute atomic E-state index is 0.120. The van der Waals surface area contributed by atoms with Gasteiger partial charge in [-0.15, -0.1) is 0 Å². The summed E-state index contributed by atoms with van der Waals surface area (Å²) < 4.78 is 2.52. The van der Waals surface area contributed by atoms with Crippen LogP contribution in [0.3, 0.4) is 0 Å². The summed E-state index contributed by atoms with van der Waals surface area (Å²) in [7, 11) is 0. The van der Waals surface area contributed by atoms with Gasteiger partial charge >= 0.3 is 0 Å². The van der Waals surface area contributed by atoms with E-state index in [1.54, 1.807) is 0 Å². The minimum Gasteiger partial charge on any atom is -0.195 e. The van der Waals surface area contributed by atoms with E-state index in [4.69, 9.17) is 0 Å². The van der Waals surface area contributed by atoms with Crippen molar-refractivity contribution in [1.29, 1.82) is 0 Å². The zero-order valence-electron chi connectivity index (χ0n) is 12.7. The number of hydrogen-bond acceptors (Lipinski definition) is 0. The molecule has 1 aliphatic rings. The van der Waals surface area contributed by atoms with Crippen molar-refractivity contribution in [3.63, 3.8) is 0 Å². The number of fused-ring (bicyclic) bond motifs is 1. The topological polar surface area (TPSA) is 3.01 Å². The predicted molar refractivity (Wildman–Crippen MR) is 83.6 cm³/mol. The van der Waals surface area contributed by atoms with Gasteiger partial charge in [0.2, 0.25) is 5.69 Å². The Hall–Kier alpha value is -1.37. The zero-order chi connectivity index (χ0) is 13.9. The van der Waals surface area contributed by atoms with Crippen LogP contribution < -0.4 is 0 Å². The standard InChI is InChI=1S/C18H26N/c1-5-7-10-14-19-16-13-9-8-12-15(16)18(3,4)17(19)11-6-2/h6,8-9,11-13H,5,7,10,14H2,1-4H3/q+1/b11-6+. The van der Waals surface area contributed by atoms with Gasteiger partial charge in [0.05, 0.1) is 5.41 Å². The Morgan fingerprint density at radius 3 is 2.58 bits per heavy atom. The molecule has 1 heterocycles. The van der Waals surface area contributed by atoms with Crippen LogP contribution in [-0.2, 0) is 5.41 Å². The summed E-state index contributed by atoms with van der Waals surface area (Å²) in [4.78, 5) is 0. The van der Waals surface area contributed by atoms with Crippen LogP contribution in [0.15, 0.2) is 36.4 Å². The number of para-hydroxylation sites is 1. The van der Waals surface area contributed by atoms with Gasteiger partial charge in [-0.2, -0.15) is 4.58 Å². The number of hydrogen-bond donors (Lipinski definition) is 0. The molecule has 102 valence electrons. The van der Waals surface area contributed by atoms with Crippen molar-refractivity contribution < 1.29 is 4.58 Å². The Morgan fingerprint density at radius 1 is 1.16 bits per heavy atom. The SMILES string of the molecule is C/C=C/C1=[N+](CCCCC)c2ccccc2C1(C)C. The number of rotatable bonds is 5. The molecule has 0 aromatic heterocycles. The summed E-state index contributed by atoms with van der Waals surface area (Å²) in [5, 5.41) is 0. The van der Waals surface area contributed by atoms with Crippen molar-refractivity contribution in [2.45, 2.75) is 52.4 Å². The van der Waals surface area contributed by atoms with E-state index < -0.39 is 0 Å². The first-order chi connectivity index (χ1) is 9.12. The third-order valence-corrected chi connectivity index (χ3v) is 4.11. The molecule has 0 aliphatic carbocycles. The molecule has 1 aromatic carbocycles. The molecule has 0 spiro atoms. The van der Waals surface area contributed by atoms with Crippen molar-refractivity contribution in [2.75, 3.05) is 6.54 Å². The molecule has 0 saturated heterocycles. The van der Waals surface area contributed by atoms with E-state index in [-0.39, 0.29) is 5.41 Å². The maximum atomic E-state index is 2.52. The Kier molecular flexibility index (Phi) is 4.24. The highest BCUT2D eigenvalue weighted by Gasteiger charge is 2.43. The van der Waals surface area contributed by atoms with Gasteiger partial charge in [0.15, 0.2) is 5.71 Å². The molecule has 19 heavy (non-hydrogen) atoms. The fourth-order valence-electron chi connectivity index (χ4n) is 3.06. The Bertz CT molecular complexity index is 506. The molecule has 0 saturated carbocycles. The lowest BCUT2D eigenvalue weighted by Crippen LogP contribution is -2.27. The molecule has 0 atom stereocenters. The number of nitrogens with zero attached hydrogens (tertiary/aromatic N) is 1. The second kappa shape index (κ2) is 5.73. The lowest BCUT2D eigenvalue weighted by atomic mass is 9.81. The average molecular weight is 256 g/mol. The maximum Gasteiger partial charge on any atom is 0.209 e. The fraction of sp³-hybridized carbons (Fsp3) is 0.500. The van der Waals surface area contributed by atoms with Gasteiger partial charge in [-0.05, 0) is 27.2 Å². The van der Waals surface area contributed by atoms with Crippen LogP contribution in [0, 0.1) is 0 Å². The molecule has 0 bridgehead atoms. The van der Waals surface area contributed by atoms with Gasteiger partial charge < -0.3 is 0 Å². The fourth-order valence-corrected chi connectivity index (χ4v) is 3.06. The lowest BCUT2D eigenvalue weighted by Gasteiger charge is -2.15. The van der Waals surface area contributed by atoms with Crippen LogP contribution in [0.25, 0.3) is 0 Å². The maximum absolute atomic E-state index is 2.52. The van der Waals surface area contributed by atoms with Crippen LogP contribution in [0.2, 0.25) is 0 Å². The predicted octanol–water partition coefficient (Wildman–Crippen LogP) is 4.83. The van der Waals surface area contributed by atoms with Crippen molar-refractivity contribution in [3.8, 4) is 0 Å². The van der Waals surface area contributed by atoms with E-state index in [0.717, 1.165) is 6.54 Å². The molecule has 1 aromatic rings. The molecule has 1 nitrogen and oxygen atoms in total. The molecule has 0 fully saturated rings. The van der Waals surface area contributed by atoms with Gasteiger partial charge in [-0.1, -0.05) is 37.6 Å². The number of allylic oxidation sites excluding steroid dienone is 2. The van der Waals surface area contributed by atoms with Crippen LogP contribution in [0.1, 0.15) is 52.5 Å². The van der Waals surface area contributed by atoms with E-state index in [1.807, 2.05) is 0 Å². The molecular formula is C18H26N+. The first-order valence-corrected chi connectivity index (χ1v) is 7.50. The second-order valence-corrected chi connectivity index (χ2v) is 5.89.